The molecular formula is C21H28N4O4S2. The molecule has 0 N–H and O–H groups in total. The van der Waals surface area contributed by atoms with Crippen molar-refractivity contribution in [3.63, 3.8) is 0 Å². The predicted molar refractivity (Wildman–Crippen MR) is 125 cm³/mol. The molecule has 0 unspecified atom stereocenters. The zero-order chi connectivity index (χ0) is 22.6. The van der Waals surface area contributed by atoms with Crippen molar-refractivity contribution in [1.29, 1.82) is 0 Å². The van der Waals surface area contributed by atoms with Gasteiger partial charge >= 0.3 is 10.2 Å². The molecule has 1 aromatic carbocycles. The molecule has 2 aliphatic heterocycles. The van der Waals surface area contributed by atoms with Crippen LogP contribution in [-0.2, 0) is 20.0 Å². The van der Waals surface area contributed by atoms with Gasteiger partial charge in [0.15, 0.2) is 15.7 Å². The van der Waals surface area contributed by atoms with Crippen LogP contribution in [0.2, 0.25) is 0 Å². The molecule has 1 saturated heterocycles. The van der Waals surface area contributed by atoms with Crippen LogP contribution in [0, 0.1) is 5.41 Å². The van der Waals surface area contributed by atoms with E-state index < -0.39 is 20.0 Å². The molecule has 0 amide bonds. The summed E-state index contributed by atoms with van der Waals surface area (Å²) in [5, 5.41) is 0. The number of hydrogen-bond acceptors (Lipinski definition) is 6. The van der Waals surface area contributed by atoms with Crippen molar-refractivity contribution in [2.75, 3.05) is 51.7 Å². The minimum Gasteiger partial charge on any atom is -0.369 e. The number of sulfone groups is 1. The number of pyridine rings is 1. The van der Waals surface area contributed by atoms with E-state index in [4.69, 9.17) is 0 Å². The smallest absolute Gasteiger partial charge is 0.327 e. The Kier molecular flexibility index (Phi) is 5.20. The second-order valence-corrected chi connectivity index (χ2v) is 13.5. The van der Waals surface area contributed by atoms with Gasteiger partial charge in [0.1, 0.15) is 0 Å². The Hall–Kier alpha value is -2.33. The fourth-order valence-corrected chi connectivity index (χ4v) is 6.63. The maximum atomic E-state index is 12.9. The van der Waals surface area contributed by atoms with Crippen LogP contribution in [0.1, 0.15) is 20.8 Å². The first-order chi connectivity index (χ1) is 14.4. The Bertz CT molecular complexity index is 1210. The molecule has 2 aromatic rings. The van der Waals surface area contributed by atoms with Crippen molar-refractivity contribution in [2.45, 2.75) is 20.8 Å². The highest BCUT2D eigenvalue weighted by atomic mass is 32.2. The van der Waals surface area contributed by atoms with Gasteiger partial charge in [-0.3, -0.25) is 0 Å². The van der Waals surface area contributed by atoms with Crippen LogP contribution < -0.4 is 13.5 Å². The second-order valence-electron chi connectivity index (χ2n) is 9.27. The van der Waals surface area contributed by atoms with E-state index in [0.29, 0.717) is 36.8 Å². The molecule has 0 atom stereocenters. The number of fused-ring (bicyclic) bond motifs is 1. The topological polar surface area (TPSA) is 90.9 Å². The van der Waals surface area contributed by atoms with E-state index in [9.17, 15) is 16.8 Å². The standard InChI is InChI=1S/C21H28N4O4S2/c1-21(2,3)15-25-19-9-8-18(22-20(19)23(4)31(25,28)29)16-6-5-7-17(14-16)24-10-12-30(26,27)13-11-24/h5-9,14H,10-13,15H2,1-4H3. The maximum Gasteiger partial charge on any atom is 0.327 e. The lowest BCUT2D eigenvalue weighted by Crippen LogP contribution is -2.40. The number of nitrogens with zero attached hydrogens (tertiary/aromatic N) is 4. The molecule has 1 fully saturated rings. The first-order valence-corrected chi connectivity index (χ1v) is 13.4. The normalized spacial score (nSPS) is 20.1. The van der Waals surface area contributed by atoms with Gasteiger partial charge in [0, 0.05) is 37.9 Å². The van der Waals surface area contributed by atoms with Crippen LogP contribution >= 0.6 is 0 Å². The predicted octanol–water partition coefficient (Wildman–Crippen LogP) is 2.53. The van der Waals surface area contributed by atoms with E-state index in [-0.39, 0.29) is 16.9 Å². The third-order valence-corrected chi connectivity index (χ3v) is 8.87. The Balaban J connectivity index is 1.67. The van der Waals surface area contributed by atoms with Crippen LogP contribution in [0.3, 0.4) is 0 Å². The molecule has 168 valence electrons. The molecule has 3 heterocycles. The molecule has 1 aromatic heterocycles. The molecule has 0 radical (unpaired) electrons. The molecule has 2 aliphatic rings. The van der Waals surface area contributed by atoms with Gasteiger partial charge in [0.25, 0.3) is 0 Å². The number of benzene rings is 1. The van der Waals surface area contributed by atoms with Gasteiger partial charge < -0.3 is 4.90 Å². The van der Waals surface area contributed by atoms with Gasteiger partial charge in [0.05, 0.1) is 22.9 Å². The number of anilines is 3. The average Bonchev–Trinajstić information content (AvgIpc) is 2.87. The molecule has 0 aliphatic carbocycles. The molecular weight excluding hydrogens is 436 g/mol. The monoisotopic (exact) mass is 464 g/mol. The summed E-state index contributed by atoms with van der Waals surface area (Å²) in [6.07, 6.45) is 0. The number of aromatic nitrogens is 1. The van der Waals surface area contributed by atoms with Crippen molar-refractivity contribution in [1.82, 2.24) is 4.98 Å². The highest BCUT2D eigenvalue weighted by molar-refractivity contribution is 7.94. The van der Waals surface area contributed by atoms with E-state index in [1.807, 2.05) is 57.2 Å². The van der Waals surface area contributed by atoms with Crippen molar-refractivity contribution < 1.29 is 16.8 Å². The van der Waals surface area contributed by atoms with Gasteiger partial charge in [-0.05, 0) is 29.7 Å². The van der Waals surface area contributed by atoms with Gasteiger partial charge in [-0.1, -0.05) is 32.9 Å². The van der Waals surface area contributed by atoms with Crippen LogP contribution in [0.4, 0.5) is 17.2 Å². The van der Waals surface area contributed by atoms with E-state index in [1.165, 1.54) is 15.7 Å². The third kappa shape index (κ3) is 4.23. The maximum absolute atomic E-state index is 12.9. The summed E-state index contributed by atoms with van der Waals surface area (Å²) in [7, 11) is -5.08. The summed E-state index contributed by atoms with van der Waals surface area (Å²) in [5.74, 6) is 0.720. The summed E-state index contributed by atoms with van der Waals surface area (Å²) in [6, 6.07) is 11.4. The highest BCUT2D eigenvalue weighted by Gasteiger charge is 2.41. The van der Waals surface area contributed by atoms with E-state index in [1.54, 1.807) is 0 Å². The van der Waals surface area contributed by atoms with Crippen LogP contribution in [0.5, 0.6) is 0 Å². The minimum absolute atomic E-state index is 0.153. The number of rotatable bonds is 3. The molecule has 4 rings (SSSR count). The van der Waals surface area contributed by atoms with E-state index in [2.05, 4.69) is 9.88 Å². The Morgan fingerprint density at radius 1 is 1.00 bits per heavy atom. The summed E-state index contributed by atoms with van der Waals surface area (Å²) in [4.78, 5) is 6.74. The quantitative estimate of drug-likeness (QED) is 0.693. The molecule has 0 spiro atoms. The summed E-state index contributed by atoms with van der Waals surface area (Å²) >= 11 is 0. The van der Waals surface area contributed by atoms with Crippen LogP contribution in [0.15, 0.2) is 36.4 Å². The highest BCUT2D eigenvalue weighted by Crippen LogP contribution is 2.41. The first-order valence-electron chi connectivity index (χ1n) is 10.2. The first kappa shape index (κ1) is 21.9. The fraction of sp³-hybridized carbons (Fsp3) is 0.476. The summed E-state index contributed by atoms with van der Waals surface area (Å²) in [5.41, 5.74) is 2.84. The fourth-order valence-electron chi connectivity index (χ4n) is 3.84. The summed E-state index contributed by atoms with van der Waals surface area (Å²) < 4.78 is 52.0. The number of hydrogen-bond donors (Lipinski definition) is 0. The second kappa shape index (κ2) is 7.37. The van der Waals surface area contributed by atoms with Crippen LogP contribution in [0.25, 0.3) is 11.3 Å². The van der Waals surface area contributed by atoms with Crippen molar-refractivity contribution >= 4 is 37.2 Å². The zero-order valence-corrected chi connectivity index (χ0v) is 19.9. The SMILES string of the molecule is CN1c2nc(-c3cccc(N4CCS(=O)(=O)CC4)c3)ccc2N(CC(C)(C)C)S1(=O)=O. The van der Waals surface area contributed by atoms with Crippen LogP contribution in [-0.4, -0.2) is 60.0 Å². The van der Waals surface area contributed by atoms with E-state index >= 15 is 0 Å². The zero-order valence-electron chi connectivity index (χ0n) is 18.2. The molecule has 31 heavy (non-hydrogen) atoms. The molecule has 0 bridgehead atoms. The van der Waals surface area contributed by atoms with Gasteiger partial charge in [-0.15, -0.1) is 0 Å². The Morgan fingerprint density at radius 2 is 1.68 bits per heavy atom. The molecule has 0 saturated carbocycles. The van der Waals surface area contributed by atoms with Crippen molar-refractivity contribution in [3.8, 4) is 11.3 Å². The largest absolute Gasteiger partial charge is 0.369 e. The van der Waals surface area contributed by atoms with Crippen molar-refractivity contribution in [2.24, 2.45) is 5.41 Å². The third-order valence-electron chi connectivity index (χ3n) is 5.52. The Morgan fingerprint density at radius 3 is 2.32 bits per heavy atom. The average molecular weight is 465 g/mol. The van der Waals surface area contributed by atoms with E-state index in [0.717, 1.165) is 11.3 Å². The van der Waals surface area contributed by atoms with Crippen molar-refractivity contribution in [3.05, 3.63) is 36.4 Å². The lowest BCUT2D eigenvalue weighted by molar-refractivity contribution is 0.427. The van der Waals surface area contributed by atoms with Gasteiger partial charge in [-0.2, -0.15) is 8.42 Å². The Labute approximate surface area is 184 Å². The molecule has 8 nitrogen and oxygen atoms in total. The lowest BCUT2D eigenvalue weighted by atomic mass is 9.97. The summed E-state index contributed by atoms with van der Waals surface area (Å²) in [6.45, 7) is 7.29. The molecule has 10 heteroatoms. The minimum atomic E-state index is -3.65. The van der Waals surface area contributed by atoms with Gasteiger partial charge in [0.2, 0.25) is 0 Å². The van der Waals surface area contributed by atoms with Gasteiger partial charge in [-0.25, -0.2) is 22.0 Å². The lowest BCUT2D eigenvalue weighted by Gasteiger charge is -2.29.